The van der Waals surface area contributed by atoms with Gasteiger partial charge in [0.2, 0.25) is 0 Å². The zero-order valence-electron chi connectivity index (χ0n) is 15.6. The summed E-state index contributed by atoms with van der Waals surface area (Å²) in [4.78, 5) is 9.56. The molecule has 2 aliphatic rings. The summed E-state index contributed by atoms with van der Waals surface area (Å²) in [5.41, 5.74) is 4.63. The Morgan fingerprint density at radius 1 is 1.04 bits per heavy atom. The molecule has 27 heavy (non-hydrogen) atoms. The number of nitrogens with zero attached hydrogens (tertiary/aromatic N) is 3. The van der Waals surface area contributed by atoms with Crippen molar-refractivity contribution in [2.45, 2.75) is 31.4 Å². The Kier molecular flexibility index (Phi) is 8.99. The van der Waals surface area contributed by atoms with Crippen LogP contribution in [-0.2, 0) is 17.7 Å². The molecule has 0 unspecified atom stereocenters. The minimum Gasteiger partial charge on any atom is -0.372 e. The summed E-state index contributed by atoms with van der Waals surface area (Å²) in [6, 6.07) is 10.8. The number of piperidine rings is 1. The van der Waals surface area contributed by atoms with Gasteiger partial charge in [-0.05, 0) is 24.8 Å². The van der Waals surface area contributed by atoms with Crippen LogP contribution in [0, 0.1) is 0 Å². The lowest BCUT2D eigenvalue weighted by atomic mass is 9.89. The molecule has 0 bridgehead atoms. The number of hydrogen-bond acceptors (Lipinski definition) is 5. The minimum absolute atomic E-state index is 0. The van der Waals surface area contributed by atoms with Crippen molar-refractivity contribution in [3.8, 4) is 0 Å². The van der Waals surface area contributed by atoms with Crippen LogP contribution in [0.2, 0.25) is 0 Å². The molecule has 2 fully saturated rings. The molecule has 0 amide bonds. The lowest BCUT2D eigenvalue weighted by Gasteiger charge is -2.47. The van der Waals surface area contributed by atoms with E-state index in [4.69, 9.17) is 4.74 Å². The van der Waals surface area contributed by atoms with E-state index in [9.17, 15) is 0 Å². The van der Waals surface area contributed by atoms with Crippen LogP contribution >= 0.6 is 36.2 Å². The number of likely N-dealkylation sites (tertiary alicyclic amines) is 1. The van der Waals surface area contributed by atoms with Gasteiger partial charge < -0.3 is 9.64 Å². The average molecular weight is 430 g/mol. The van der Waals surface area contributed by atoms with Crippen LogP contribution in [-0.4, -0.2) is 59.7 Å². The normalized spacial score (nSPS) is 20.0. The first-order valence-electron chi connectivity index (χ1n) is 9.31. The molecule has 2 aromatic rings. The predicted octanol–water partition coefficient (Wildman–Crippen LogP) is 3.90. The summed E-state index contributed by atoms with van der Waals surface area (Å²) >= 11 is 1.68. The molecule has 2 saturated heterocycles. The predicted molar refractivity (Wildman–Crippen MR) is 116 cm³/mol. The third-order valence-corrected chi connectivity index (χ3v) is 6.16. The molecule has 4 rings (SSSR count). The quantitative estimate of drug-likeness (QED) is 0.720. The highest BCUT2D eigenvalue weighted by Gasteiger charge is 2.39. The van der Waals surface area contributed by atoms with E-state index in [-0.39, 0.29) is 30.4 Å². The summed E-state index contributed by atoms with van der Waals surface area (Å²) in [6.45, 7) is 7.35. The van der Waals surface area contributed by atoms with Crippen LogP contribution in [0.3, 0.4) is 0 Å². The Balaban J connectivity index is 0.00000131. The Hall–Kier alpha value is -0.690. The van der Waals surface area contributed by atoms with Gasteiger partial charge in [0, 0.05) is 44.6 Å². The number of rotatable bonds is 5. The first kappa shape index (κ1) is 22.6. The molecule has 7 heteroatoms. The van der Waals surface area contributed by atoms with Crippen LogP contribution in [0.25, 0.3) is 0 Å². The van der Waals surface area contributed by atoms with E-state index in [2.05, 4.69) is 50.5 Å². The second-order valence-electron chi connectivity index (χ2n) is 7.30. The highest BCUT2D eigenvalue weighted by atomic mass is 35.5. The van der Waals surface area contributed by atoms with Crippen LogP contribution in [0.5, 0.6) is 0 Å². The van der Waals surface area contributed by atoms with Gasteiger partial charge >= 0.3 is 0 Å². The highest BCUT2D eigenvalue weighted by molar-refractivity contribution is 7.07. The van der Waals surface area contributed by atoms with Crippen molar-refractivity contribution in [1.82, 2.24) is 14.8 Å². The van der Waals surface area contributed by atoms with Gasteiger partial charge in [-0.25, -0.2) is 4.98 Å². The average Bonchev–Trinajstić information content (AvgIpc) is 3.15. The van der Waals surface area contributed by atoms with Gasteiger partial charge in [0.05, 0.1) is 23.4 Å². The standard InChI is InChI=1S/C20H27N3OS.2ClH/c1-2-4-18(5-3-1)6-9-22-10-7-20(8-11-22)16-23(12-13-24-20)14-19-15-25-17-21-19;;/h1-5,15,17H,6-14,16H2;2*1H. The molecular weight excluding hydrogens is 401 g/mol. The van der Waals surface area contributed by atoms with E-state index in [1.54, 1.807) is 11.3 Å². The number of thiazole rings is 1. The zero-order valence-corrected chi connectivity index (χ0v) is 18.0. The number of morpholine rings is 1. The number of hydrogen-bond donors (Lipinski definition) is 0. The molecular formula is C20H29Cl2N3OS. The van der Waals surface area contributed by atoms with Crippen molar-refractivity contribution in [3.63, 3.8) is 0 Å². The fraction of sp³-hybridized carbons (Fsp3) is 0.550. The summed E-state index contributed by atoms with van der Waals surface area (Å²) in [5.74, 6) is 0. The summed E-state index contributed by atoms with van der Waals surface area (Å²) in [6.07, 6.45) is 3.44. The van der Waals surface area contributed by atoms with Crippen molar-refractivity contribution < 1.29 is 4.74 Å². The molecule has 1 aromatic carbocycles. The van der Waals surface area contributed by atoms with E-state index in [0.29, 0.717) is 0 Å². The van der Waals surface area contributed by atoms with Gasteiger partial charge in [-0.1, -0.05) is 30.3 Å². The molecule has 0 N–H and O–H groups in total. The van der Waals surface area contributed by atoms with E-state index in [1.165, 1.54) is 11.3 Å². The van der Waals surface area contributed by atoms with Crippen LogP contribution in [0.15, 0.2) is 41.2 Å². The van der Waals surface area contributed by atoms with Gasteiger partial charge in [-0.15, -0.1) is 36.2 Å². The fourth-order valence-corrected chi connectivity index (χ4v) is 4.57. The third-order valence-electron chi connectivity index (χ3n) is 5.52. The van der Waals surface area contributed by atoms with Gasteiger partial charge in [0.15, 0.2) is 0 Å². The van der Waals surface area contributed by atoms with Gasteiger partial charge in [-0.3, -0.25) is 4.90 Å². The number of benzene rings is 1. The van der Waals surface area contributed by atoms with Crippen molar-refractivity contribution >= 4 is 36.2 Å². The van der Waals surface area contributed by atoms with Crippen LogP contribution in [0.4, 0.5) is 0 Å². The highest BCUT2D eigenvalue weighted by Crippen LogP contribution is 2.30. The Morgan fingerprint density at radius 3 is 2.52 bits per heavy atom. The Bertz CT molecular complexity index is 649. The second-order valence-corrected chi connectivity index (χ2v) is 8.02. The molecule has 0 atom stereocenters. The maximum atomic E-state index is 6.28. The third kappa shape index (κ3) is 6.14. The van der Waals surface area contributed by atoms with Crippen molar-refractivity contribution in [1.29, 1.82) is 0 Å². The molecule has 0 saturated carbocycles. The topological polar surface area (TPSA) is 28.6 Å². The SMILES string of the molecule is Cl.Cl.c1ccc(CCN2CCC3(CC2)CN(Cc2cscn2)CCO3)cc1. The second kappa shape index (κ2) is 10.7. The monoisotopic (exact) mass is 429 g/mol. The molecule has 3 heterocycles. The Morgan fingerprint density at radius 2 is 1.81 bits per heavy atom. The largest absolute Gasteiger partial charge is 0.372 e. The number of aromatic nitrogens is 1. The van der Waals surface area contributed by atoms with E-state index >= 15 is 0 Å². The van der Waals surface area contributed by atoms with Gasteiger partial charge in [0.25, 0.3) is 0 Å². The Labute approximate surface area is 178 Å². The van der Waals surface area contributed by atoms with Gasteiger partial charge in [0.1, 0.15) is 0 Å². The van der Waals surface area contributed by atoms with Crippen LogP contribution in [0.1, 0.15) is 24.1 Å². The first-order valence-corrected chi connectivity index (χ1v) is 10.3. The lowest BCUT2D eigenvalue weighted by Crippen LogP contribution is -2.56. The molecule has 2 aliphatic heterocycles. The minimum atomic E-state index is 0. The maximum absolute atomic E-state index is 6.28. The van der Waals surface area contributed by atoms with Crippen LogP contribution < -0.4 is 0 Å². The fourth-order valence-electron chi connectivity index (χ4n) is 4.02. The molecule has 150 valence electrons. The smallest absolute Gasteiger partial charge is 0.0833 e. The molecule has 1 aromatic heterocycles. The molecule has 0 aliphatic carbocycles. The van der Waals surface area contributed by atoms with Crippen molar-refractivity contribution in [2.24, 2.45) is 0 Å². The summed E-state index contributed by atoms with van der Waals surface area (Å²) in [5, 5.41) is 2.16. The summed E-state index contributed by atoms with van der Waals surface area (Å²) < 4.78 is 6.28. The van der Waals surface area contributed by atoms with E-state index in [0.717, 1.165) is 65.1 Å². The zero-order chi connectivity index (χ0) is 17.0. The molecule has 0 radical (unpaired) electrons. The number of halogens is 2. The van der Waals surface area contributed by atoms with Crippen molar-refractivity contribution in [3.05, 3.63) is 52.5 Å². The maximum Gasteiger partial charge on any atom is 0.0833 e. The summed E-state index contributed by atoms with van der Waals surface area (Å²) in [7, 11) is 0. The lowest BCUT2D eigenvalue weighted by molar-refractivity contribution is -0.137. The van der Waals surface area contributed by atoms with Crippen molar-refractivity contribution in [2.75, 3.05) is 39.3 Å². The van der Waals surface area contributed by atoms with Gasteiger partial charge in [-0.2, -0.15) is 0 Å². The molecule has 4 nitrogen and oxygen atoms in total. The first-order chi connectivity index (χ1) is 12.3. The van der Waals surface area contributed by atoms with E-state index < -0.39 is 0 Å². The number of ether oxygens (including phenoxy) is 1. The van der Waals surface area contributed by atoms with E-state index in [1.807, 2.05) is 5.51 Å². The molecule has 1 spiro atoms.